The Hall–Kier alpha value is -2.75. The molecule has 1 aliphatic heterocycles. The molecule has 0 fully saturated rings. The molecule has 27 heavy (non-hydrogen) atoms. The van der Waals surface area contributed by atoms with Crippen LogP contribution in [0.25, 0.3) is 0 Å². The molecular weight excluding hydrogens is 336 g/mol. The van der Waals surface area contributed by atoms with Crippen LogP contribution in [-0.4, -0.2) is 19.6 Å². The molecule has 2 aromatic rings. The van der Waals surface area contributed by atoms with E-state index in [2.05, 4.69) is 54.0 Å². The third-order valence-corrected chi connectivity index (χ3v) is 5.64. The zero-order valence-corrected chi connectivity index (χ0v) is 15.9. The van der Waals surface area contributed by atoms with Crippen LogP contribution >= 0.6 is 0 Å². The smallest absolute Gasteiger partial charge is 0.251 e. The molecule has 1 aliphatic carbocycles. The summed E-state index contributed by atoms with van der Waals surface area (Å²) in [5.74, 6) is 1.68. The zero-order chi connectivity index (χ0) is 18.8. The first-order valence-corrected chi connectivity index (χ1v) is 9.70. The number of hydrogen-bond donors (Lipinski definition) is 2. The van der Waals surface area contributed by atoms with E-state index in [4.69, 9.17) is 4.74 Å². The molecule has 0 spiro atoms. The standard InChI is InChI=1S/C23H26N2O2/c1-3-13-24-23(26)16-9-12-21-20(14-16)18-5-4-6-19(18)22(25-21)15-7-10-17(27-2)11-8-15/h4-5,7-12,14,18-19,22,25H,3,6,13H2,1-2H3,(H,24,26). The van der Waals surface area contributed by atoms with Crippen molar-refractivity contribution in [3.63, 3.8) is 0 Å². The summed E-state index contributed by atoms with van der Waals surface area (Å²) in [5, 5.41) is 6.69. The first kappa shape index (κ1) is 17.7. The van der Waals surface area contributed by atoms with Gasteiger partial charge < -0.3 is 15.4 Å². The highest BCUT2D eigenvalue weighted by Gasteiger charge is 2.38. The predicted molar refractivity (Wildman–Crippen MR) is 108 cm³/mol. The number of allylic oxidation sites excluding steroid dienone is 2. The predicted octanol–water partition coefficient (Wildman–Crippen LogP) is 4.66. The number of fused-ring (bicyclic) bond motifs is 3. The van der Waals surface area contributed by atoms with Crippen LogP contribution in [0, 0.1) is 5.92 Å². The second-order valence-electron chi connectivity index (χ2n) is 7.31. The molecule has 0 saturated heterocycles. The minimum atomic E-state index is 0.00968. The average Bonchev–Trinajstić information content (AvgIpc) is 3.21. The third kappa shape index (κ3) is 3.32. The highest BCUT2D eigenvalue weighted by molar-refractivity contribution is 5.95. The second-order valence-corrected chi connectivity index (χ2v) is 7.31. The lowest BCUT2D eigenvalue weighted by Gasteiger charge is -2.37. The van der Waals surface area contributed by atoms with Crippen molar-refractivity contribution >= 4 is 11.6 Å². The van der Waals surface area contributed by atoms with Crippen LogP contribution in [-0.2, 0) is 0 Å². The molecule has 3 atom stereocenters. The maximum atomic E-state index is 12.4. The number of benzene rings is 2. The molecule has 0 saturated carbocycles. The number of rotatable bonds is 5. The fourth-order valence-electron chi connectivity index (χ4n) is 4.22. The average molecular weight is 362 g/mol. The van der Waals surface area contributed by atoms with Crippen LogP contribution in [0.15, 0.2) is 54.6 Å². The van der Waals surface area contributed by atoms with Gasteiger partial charge in [0.2, 0.25) is 0 Å². The molecule has 2 aromatic carbocycles. The van der Waals surface area contributed by atoms with Gasteiger partial charge in [0.15, 0.2) is 0 Å². The second kappa shape index (κ2) is 7.47. The molecule has 0 aromatic heterocycles. The number of hydrogen-bond acceptors (Lipinski definition) is 3. The van der Waals surface area contributed by atoms with E-state index in [1.54, 1.807) is 7.11 Å². The summed E-state index contributed by atoms with van der Waals surface area (Å²) in [4.78, 5) is 12.4. The fourth-order valence-corrected chi connectivity index (χ4v) is 4.22. The number of anilines is 1. The van der Waals surface area contributed by atoms with Crippen molar-refractivity contribution in [2.75, 3.05) is 19.0 Å². The van der Waals surface area contributed by atoms with E-state index in [1.165, 1.54) is 11.1 Å². The van der Waals surface area contributed by atoms with Gasteiger partial charge in [0.1, 0.15) is 5.75 Å². The minimum absolute atomic E-state index is 0.00968. The van der Waals surface area contributed by atoms with Crippen LogP contribution in [0.4, 0.5) is 5.69 Å². The molecule has 2 aliphatic rings. The van der Waals surface area contributed by atoms with Gasteiger partial charge >= 0.3 is 0 Å². The van der Waals surface area contributed by atoms with Gasteiger partial charge in [0.05, 0.1) is 13.2 Å². The summed E-state index contributed by atoms with van der Waals surface area (Å²) >= 11 is 0. The Labute approximate surface area is 160 Å². The molecule has 4 rings (SSSR count). The van der Waals surface area contributed by atoms with E-state index in [-0.39, 0.29) is 11.9 Å². The highest BCUT2D eigenvalue weighted by atomic mass is 16.5. The quantitative estimate of drug-likeness (QED) is 0.761. The Morgan fingerprint density at radius 2 is 2.04 bits per heavy atom. The van der Waals surface area contributed by atoms with Gasteiger partial charge in [-0.3, -0.25) is 4.79 Å². The monoisotopic (exact) mass is 362 g/mol. The summed E-state index contributed by atoms with van der Waals surface area (Å²) in [5.41, 5.74) is 4.36. The van der Waals surface area contributed by atoms with Gasteiger partial charge in [-0.25, -0.2) is 0 Å². The third-order valence-electron chi connectivity index (χ3n) is 5.64. The Morgan fingerprint density at radius 1 is 1.22 bits per heavy atom. The summed E-state index contributed by atoms with van der Waals surface area (Å²) in [7, 11) is 1.69. The van der Waals surface area contributed by atoms with Crippen molar-refractivity contribution in [1.29, 1.82) is 0 Å². The van der Waals surface area contributed by atoms with E-state index in [0.717, 1.165) is 29.8 Å². The number of nitrogens with one attached hydrogen (secondary N) is 2. The van der Waals surface area contributed by atoms with Gasteiger partial charge in [-0.05, 0) is 60.2 Å². The van der Waals surface area contributed by atoms with Crippen LogP contribution in [0.3, 0.4) is 0 Å². The van der Waals surface area contributed by atoms with Gasteiger partial charge in [-0.2, -0.15) is 0 Å². The molecule has 0 radical (unpaired) electrons. The van der Waals surface area contributed by atoms with Crippen molar-refractivity contribution < 1.29 is 9.53 Å². The zero-order valence-electron chi connectivity index (χ0n) is 15.9. The van der Waals surface area contributed by atoms with Crippen molar-refractivity contribution in [3.05, 3.63) is 71.3 Å². The van der Waals surface area contributed by atoms with Crippen molar-refractivity contribution in [1.82, 2.24) is 5.32 Å². The maximum Gasteiger partial charge on any atom is 0.251 e. The van der Waals surface area contributed by atoms with Crippen LogP contribution in [0.5, 0.6) is 5.75 Å². The van der Waals surface area contributed by atoms with E-state index in [9.17, 15) is 4.79 Å². The summed E-state index contributed by atoms with van der Waals surface area (Å²) in [6.45, 7) is 2.77. The minimum Gasteiger partial charge on any atom is -0.497 e. The van der Waals surface area contributed by atoms with Crippen LogP contribution < -0.4 is 15.4 Å². The summed E-state index contributed by atoms with van der Waals surface area (Å²) in [6, 6.07) is 14.6. The molecule has 2 N–H and O–H groups in total. The number of methoxy groups -OCH3 is 1. The van der Waals surface area contributed by atoms with Gasteiger partial charge in [-0.15, -0.1) is 0 Å². The molecular formula is C23H26N2O2. The van der Waals surface area contributed by atoms with E-state index in [0.29, 0.717) is 18.4 Å². The van der Waals surface area contributed by atoms with Gasteiger partial charge in [-0.1, -0.05) is 31.2 Å². The number of carbonyl (C=O) groups is 1. The first-order valence-electron chi connectivity index (χ1n) is 9.70. The lowest BCUT2D eigenvalue weighted by Crippen LogP contribution is -2.30. The van der Waals surface area contributed by atoms with E-state index >= 15 is 0 Å². The van der Waals surface area contributed by atoms with Gasteiger partial charge in [0.25, 0.3) is 5.91 Å². The fraction of sp³-hybridized carbons (Fsp3) is 0.348. The first-order chi connectivity index (χ1) is 13.2. The molecule has 1 amide bonds. The van der Waals surface area contributed by atoms with E-state index < -0.39 is 0 Å². The van der Waals surface area contributed by atoms with Crippen LogP contribution in [0.1, 0.15) is 53.2 Å². The topological polar surface area (TPSA) is 50.4 Å². The lowest BCUT2D eigenvalue weighted by atomic mass is 9.76. The molecule has 140 valence electrons. The number of amides is 1. The largest absolute Gasteiger partial charge is 0.497 e. The Bertz CT molecular complexity index is 857. The number of ether oxygens (including phenoxy) is 1. The Morgan fingerprint density at radius 3 is 2.78 bits per heavy atom. The van der Waals surface area contributed by atoms with E-state index in [1.807, 2.05) is 18.2 Å². The van der Waals surface area contributed by atoms with Crippen molar-refractivity contribution in [3.8, 4) is 5.75 Å². The normalized spacial score (nSPS) is 22.5. The van der Waals surface area contributed by atoms with Crippen molar-refractivity contribution in [2.45, 2.75) is 31.7 Å². The lowest BCUT2D eigenvalue weighted by molar-refractivity contribution is 0.0953. The molecule has 1 heterocycles. The number of carbonyl (C=O) groups excluding carboxylic acids is 1. The highest BCUT2D eigenvalue weighted by Crippen LogP contribution is 2.50. The SMILES string of the molecule is CCCNC(=O)c1ccc2c(c1)C1C=CCC1C(c1ccc(OC)cc1)N2. The Kier molecular flexibility index (Phi) is 4.88. The molecule has 4 nitrogen and oxygen atoms in total. The summed E-state index contributed by atoms with van der Waals surface area (Å²) < 4.78 is 5.29. The molecule has 4 heteroatoms. The van der Waals surface area contributed by atoms with Crippen molar-refractivity contribution in [2.24, 2.45) is 5.92 Å². The Balaban J connectivity index is 1.64. The maximum absolute atomic E-state index is 12.4. The van der Waals surface area contributed by atoms with Gasteiger partial charge in [0, 0.05) is 23.7 Å². The molecule has 3 unspecified atom stereocenters. The van der Waals surface area contributed by atoms with Crippen LogP contribution in [0.2, 0.25) is 0 Å². The molecule has 0 bridgehead atoms. The summed E-state index contributed by atoms with van der Waals surface area (Å²) in [6.07, 6.45) is 6.55.